The van der Waals surface area contributed by atoms with E-state index in [0.29, 0.717) is 18.3 Å². The van der Waals surface area contributed by atoms with Gasteiger partial charge in [-0.15, -0.1) is 0 Å². The highest BCUT2D eigenvalue weighted by Crippen LogP contribution is 2.53. The van der Waals surface area contributed by atoms with Crippen LogP contribution in [-0.4, -0.2) is 35.6 Å². The van der Waals surface area contributed by atoms with Gasteiger partial charge < -0.3 is 14.6 Å². The standard InChI is InChI=1S/C17H30O3/c1-12-9-14(10-13(2)19-12)20-16-11-15(18)17(16)7-5-3-4-6-8-17/h12-16,18H,3-11H2,1-2H3. The summed E-state index contributed by atoms with van der Waals surface area (Å²) in [6, 6.07) is 0. The molecule has 3 fully saturated rings. The van der Waals surface area contributed by atoms with E-state index in [1.807, 2.05) is 0 Å². The first-order valence-electron chi connectivity index (χ1n) is 8.59. The Hall–Kier alpha value is -0.120. The Kier molecular flexibility index (Phi) is 4.40. The predicted molar refractivity (Wildman–Crippen MR) is 78.7 cm³/mol. The molecule has 0 aromatic heterocycles. The molecule has 3 heteroatoms. The van der Waals surface area contributed by atoms with Crippen LogP contribution in [0.1, 0.15) is 71.6 Å². The summed E-state index contributed by atoms with van der Waals surface area (Å²) in [5.41, 5.74) is 0.0846. The molecule has 0 aromatic rings. The van der Waals surface area contributed by atoms with Crippen LogP contribution in [0.15, 0.2) is 0 Å². The first-order valence-corrected chi connectivity index (χ1v) is 8.59. The largest absolute Gasteiger partial charge is 0.392 e. The van der Waals surface area contributed by atoms with Gasteiger partial charge in [0.1, 0.15) is 0 Å². The van der Waals surface area contributed by atoms with Crippen LogP contribution in [0.4, 0.5) is 0 Å². The van der Waals surface area contributed by atoms with Crippen LogP contribution in [0.25, 0.3) is 0 Å². The van der Waals surface area contributed by atoms with Crippen LogP contribution >= 0.6 is 0 Å². The van der Waals surface area contributed by atoms with Gasteiger partial charge in [0, 0.05) is 11.8 Å². The van der Waals surface area contributed by atoms with E-state index in [9.17, 15) is 5.11 Å². The fourth-order valence-corrected chi connectivity index (χ4v) is 4.65. The summed E-state index contributed by atoms with van der Waals surface area (Å²) in [5, 5.41) is 10.3. The third-order valence-corrected chi connectivity index (χ3v) is 5.79. The second-order valence-electron chi connectivity index (χ2n) is 7.37. The second kappa shape index (κ2) is 5.94. The number of hydrogen-bond donors (Lipinski definition) is 1. The van der Waals surface area contributed by atoms with Crippen molar-refractivity contribution in [3.63, 3.8) is 0 Å². The number of hydrogen-bond acceptors (Lipinski definition) is 3. The van der Waals surface area contributed by atoms with E-state index in [2.05, 4.69) is 13.8 Å². The van der Waals surface area contributed by atoms with Crippen molar-refractivity contribution < 1.29 is 14.6 Å². The molecule has 4 unspecified atom stereocenters. The van der Waals surface area contributed by atoms with Gasteiger partial charge in [-0.05, 0) is 39.5 Å². The third kappa shape index (κ3) is 2.77. The fourth-order valence-electron chi connectivity index (χ4n) is 4.65. The van der Waals surface area contributed by atoms with E-state index in [0.717, 1.165) is 32.1 Å². The molecule has 1 saturated heterocycles. The Bertz CT molecular complexity index is 312. The summed E-state index contributed by atoms with van der Waals surface area (Å²) in [5.74, 6) is 0. The molecule has 3 nitrogen and oxygen atoms in total. The van der Waals surface area contributed by atoms with Gasteiger partial charge in [0.05, 0.1) is 30.5 Å². The van der Waals surface area contributed by atoms with Gasteiger partial charge in [0.25, 0.3) is 0 Å². The molecule has 4 atom stereocenters. The lowest BCUT2D eigenvalue weighted by atomic mass is 9.59. The molecular weight excluding hydrogens is 252 g/mol. The van der Waals surface area contributed by atoms with Crippen molar-refractivity contribution in [3.05, 3.63) is 0 Å². The SMILES string of the molecule is CC1CC(OC2CC(O)C23CCCCCC3)CC(C)O1. The zero-order chi connectivity index (χ0) is 14.2. The Morgan fingerprint density at radius 1 is 0.950 bits per heavy atom. The lowest BCUT2D eigenvalue weighted by molar-refractivity contribution is -0.232. The molecular formula is C17H30O3. The van der Waals surface area contributed by atoms with E-state index >= 15 is 0 Å². The molecule has 3 rings (SSSR count). The third-order valence-electron chi connectivity index (χ3n) is 5.79. The highest BCUT2D eigenvalue weighted by molar-refractivity contribution is 5.05. The minimum atomic E-state index is -0.125. The van der Waals surface area contributed by atoms with Crippen molar-refractivity contribution >= 4 is 0 Å². The minimum Gasteiger partial charge on any atom is -0.392 e. The molecule has 116 valence electrons. The topological polar surface area (TPSA) is 38.7 Å². The molecule has 2 saturated carbocycles. The van der Waals surface area contributed by atoms with Crippen LogP contribution in [0.2, 0.25) is 0 Å². The smallest absolute Gasteiger partial charge is 0.0684 e. The first-order chi connectivity index (χ1) is 9.60. The van der Waals surface area contributed by atoms with Gasteiger partial charge in [-0.3, -0.25) is 0 Å². The molecule has 1 N–H and O–H groups in total. The molecule has 0 bridgehead atoms. The zero-order valence-corrected chi connectivity index (χ0v) is 13.0. The van der Waals surface area contributed by atoms with Crippen LogP contribution in [0, 0.1) is 5.41 Å². The zero-order valence-electron chi connectivity index (χ0n) is 13.0. The maximum Gasteiger partial charge on any atom is 0.0684 e. The van der Waals surface area contributed by atoms with Gasteiger partial charge in [0.15, 0.2) is 0 Å². The molecule has 2 aliphatic carbocycles. The number of rotatable bonds is 2. The second-order valence-corrected chi connectivity index (χ2v) is 7.37. The van der Waals surface area contributed by atoms with Crippen molar-refractivity contribution in [2.24, 2.45) is 5.41 Å². The monoisotopic (exact) mass is 282 g/mol. The van der Waals surface area contributed by atoms with Crippen LogP contribution < -0.4 is 0 Å². The summed E-state index contributed by atoms with van der Waals surface area (Å²) >= 11 is 0. The van der Waals surface area contributed by atoms with Gasteiger partial charge in [-0.2, -0.15) is 0 Å². The predicted octanol–water partition coefficient (Wildman–Crippen LogP) is 3.43. The lowest BCUT2D eigenvalue weighted by Crippen LogP contribution is -2.59. The Morgan fingerprint density at radius 2 is 1.55 bits per heavy atom. The maximum atomic E-state index is 10.3. The molecule has 20 heavy (non-hydrogen) atoms. The summed E-state index contributed by atoms with van der Waals surface area (Å²) in [6.45, 7) is 4.28. The molecule has 0 amide bonds. The Balaban J connectivity index is 1.62. The highest BCUT2D eigenvalue weighted by atomic mass is 16.5. The fraction of sp³-hybridized carbons (Fsp3) is 1.00. The molecule has 0 aromatic carbocycles. The van der Waals surface area contributed by atoms with Crippen molar-refractivity contribution in [1.29, 1.82) is 0 Å². The van der Waals surface area contributed by atoms with Crippen LogP contribution in [0.3, 0.4) is 0 Å². The molecule has 3 aliphatic rings. The number of aliphatic hydroxyl groups excluding tert-OH is 1. The Morgan fingerprint density at radius 3 is 2.10 bits per heavy atom. The van der Waals surface area contributed by atoms with Gasteiger partial charge in [0.2, 0.25) is 0 Å². The van der Waals surface area contributed by atoms with E-state index in [-0.39, 0.29) is 17.6 Å². The average molecular weight is 282 g/mol. The maximum absolute atomic E-state index is 10.3. The lowest BCUT2D eigenvalue weighted by Gasteiger charge is -2.54. The summed E-state index contributed by atoms with van der Waals surface area (Å²) in [7, 11) is 0. The van der Waals surface area contributed by atoms with Crippen LogP contribution in [-0.2, 0) is 9.47 Å². The summed E-state index contributed by atoms with van der Waals surface area (Å²) in [4.78, 5) is 0. The molecule has 1 heterocycles. The van der Waals surface area contributed by atoms with Gasteiger partial charge >= 0.3 is 0 Å². The quantitative estimate of drug-likeness (QED) is 0.843. The van der Waals surface area contributed by atoms with Crippen molar-refractivity contribution in [2.45, 2.75) is 102 Å². The summed E-state index contributed by atoms with van der Waals surface area (Å²) < 4.78 is 12.2. The highest BCUT2D eigenvalue weighted by Gasteiger charge is 2.55. The minimum absolute atomic E-state index is 0.0846. The van der Waals surface area contributed by atoms with Crippen molar-refractivity contribution in [3.8, 4) is 0 Å². The van der Waals surface area contributed by atoms with E-state index < -0.39 is 0 Å². The number of aliphatic hydroxyl groups is 1. The van der Waals surface area contributed by atoms with Gasteiger partial charge in [-0.25, -0.2) is 0 Å². The number of ether oxygens (including phenoxy) is 2. The van der Waals surface area contributed by atoms with E-state index in [1.165, 1.54) is 25.7 Å². The van der Waals surface area contributed by atoms with E-state index in [4.69, 9.17) is 9.47 Å². The average Bonchev–Trinajstić information content (AvgIpc) is 2.65. The van der Waals surface area contributed by atoms with Crippen molar-refractivity contribution in [2.75, 3.05) is 0 Å². The summed E-state index contributed by atoms with van der Waals surface area (Å²) in [6.07, 6.45) is 11.5. The van der Waals surface area contributed by atoms with Gasteiger partial charge in [-0.1, -0.05) is 25.7 Å². The normalized spacial score (nSPS) is 44.9. The molecule has 1 spiro atoms. The molecule has 1 aliphatic heterocycles. The Labute approximate surface area is 123 Å². The molecule has 0 radical (unpaired) electrons. The first kappa shape index (κ1) is 14.8. The van der Waals surface area contributed by atoms with Crippen LogP contribution in [0.5, 0.6) is 0 Å². The van der Waals surface area contributed by atoms with E-state index in [1.54, 1.807) is 0 Å². The van der Waals surface area contributed by atoms with Crippen molar-refractivity contribution in [1.82, 2.24) is 0 Å².